The third kappa shape index (κ3) is 3.67. The average molecular weight is 248 g/mol. The minimum Gasteiger partial charge on any atom is -0.396 e. The lowest BCUT2D eigenvalue weighted by molar-refractivity contribution is -0.0979. The Morgan fingerprint density at radius 2 is 2.11 bits per heavy atom. The van der Waals surface area contributed by atoms with E-state index in [4.69, 9.17) is 9.90 Å². The molecule has 2 rings (SSSR count). The summed E-state index contributed by atoms with van der Waals surface area (Å²) in [5.74, 6) is 1.53. The molecule has 0 saturated heterocycles. The first-order valence-electron chi connectivity index (χ1n) is 6.72. The first kappa shape index (κ1) is 14.9. The van der Waals surface area contributed by atoms with Crippen LogP contribution in [0.2, 0.25) is 0 Å². The van der Waals surface area contributed by atoms with E-state index in [-0.39, 0.29) is 6.61 Å². The molecule has 0 spiro atoms. The molecule has 1 aliphatic carbocycles. The van der Waals surface area contributed by atoms with Crippen molar-refractivity contribution in [1.82, 2.24) is 0 Å². The SMILES string of the molecule is C=O.CC(C)CC1CCc2ccc(CCO)cc21. The van der Waals surface area contributed by atoms with E-state index in [9.17, 15) is 0 Å². The first-order chi connectivity index (χ1) is 8.70. The van der Waals surface area contributed by atoms with Crippen LogP contribution in [0.5, 0.6) is 0 Å². The van der Waals surface area contributed by atoms with Crippen molar-refractivity contribution in [3.63, 3.8) is 0 Å². The molecule has 18 heavy (non-hydrogen) atoms. The van der Waals surface area contributed by atoms with E-state index in [0.717, 1.165) is 18.3 Å². The smallest absolute Gasteiger partial charge is 0.106 e. The Balaban J connectivity index is 0.000000771. The summed E-state index contributed by atoms with van der Waals surface area (Å²) in [7, 11) is 0. The maximum absolute atomic E-state index is 8.98. The lowest BCUT2D eigenvalue weighted by Gasteiger charge is -2.15. The van der Waals surface area contributed by atoms with Gasteiger partial charge in [0.25, 0.3) is 0 Å². The average Bonchev–Trinajstić information content (AvgIpc) is 2.74. The molecular formula is C16H24O2. The predicted octanol–water partition coefficient (Wildman–Crippen LogP) is 3.11. The Morgan fingerprint density at radius 3 is 2.72 bits per heavy atom. The van der Waals surface area contributed by atoms with Crippen LogP contribution in [0, 0.1) is 5.92 Å². The molecule has 0 aromatic heterocycles. The highest BCUT2D eigenvalue weighted by molar-refractivity contribution is 5.38. The Morgan fingerprint density at radius 1 is 1.39 bits per heavy atom. The summed E-state index contributed by atoms with van der Waals surface area (Å²) in [5.41, 5.74) is 4.38. The summed E-state index contributed by atoms with van der Waals surface area (Å²) in [6.45, 7) is 6.86. The number of carbonyl (C=O) groups is 1. The fourth-order valence-electron chi connectivity index (χ4n) is 2.84. The van der Waals surface area contributed by atoms with Crippen LogP contribution in [0.25, 0.3) is 0 Å². The van der Waals surface area contributed by atoms with Gasteiger partial charge in [0.1, 0.15) is 6.79 Å². The summed E-state index contributed by atoms with van der Waals surface area (Å²) in [5, 5.41) is 8.98. The normalized spacial score (nSPS) is 17.2. The number of benzene rings is 1. The fraction of sp³-hybridized carbons (Fsp3) is 0.562. The minimum absolute atomic E-state index is 0.258. The molecule has 0 amide bonds. The van der Waals surface area contributed by atoms with Crippen molar-refractivity contribution in [2.24, 2.45) is 5.92 Å². The zero-order chi connectivity index (χ0) is 13.5. The highest BCUT2D eigenvalue weighted by Gasteiger charge is 2.23. The van der Waals surface area contributed by atoms with Crippen molar-refractivity contribution >= 4 is 6.79 Å². The van der Waals surface area contributed by atoms with Gasteiger partial charge in [-0.15, -0.1) is 0 Å². The molecule has 0 heterocycles. The van der Waals surface area contributed by atoms with Crippen LogP contribution in [-0.2, 0) is 17.6 Å². The molecule has 0 fully saturated rings. The van der Waals surface area contributed by atoms with Gasteiger partial charge in [0, 0.05) is 6.61 Å². The Bertz CT molecular complexity index is 371. The summed E-state index contributed by atoms with van der Waals surface area (Å²) >= 11 is 0. The van der Waals surface area contributed by atoms with E-state index < -0.39 is 0 Å². The molecule has 1 atom stereocenters. The molecule has 100 valence electrons. The number of aliphatic hydroxyl groups excluding tert-OH is 1. The zero-order valence-electron chi connectivity index (χ0n) is 11.5. The van der Waals surface area contributed by atoms with Crippen molar-refractivity contribution in [1.29, 1.82) is 0 Å². The summed E-state index contributed by atoms with van der Waals surface area (Å²) in [6.07, 6.45) is 4.65. The van der Waals surface area contributed by atoms with Crippen LogP contribution in [0.15, 0.2) is 18.2 Å². The van der Waals surface area contributed by atoms with Gasteiger partial charge < -0.3 is 9.90 Å². The molecule has 1 unspecified atom stereocenters. The highest BCUT2D eigenvalue weighted by Crippen LogP contribution is 2.37. The van der Waals surface area contributed by atoms with E-state index in [2.05, 4.69) is 32.0 Å². The first-order valence-corrected chi connectivity index (χ1v) is 6.72. The number of aliphatic hydroxyl groups is 1. The molecular weight excluding hydrogens is 224 g/mol. The number of fused-ring (bicyclic) bond motifs is 1. The second-order valence-corrected chi connectivity index (χ2v) is 5.37. The Hall–Kier alpha value is -1.15. The third-order valence-corrected chi connectivity index (χ3v) is 3.57. The maximum atomic E-state index is 8.98. The molecule has 1 aromatic carbocycles. The van der Waals surface area contributed by atoms with Gasteiger partial charge in [0.05, 0.1) is 0 Å². The van der Waals surface area contributed by atoms with Gasteiger partial charge in [-0.3, -0.25) is 0 Å². The van der Waals surface area contributed by atoms with E-state index >= 15 is 0 Å². The highest BCUT2D eigenvalue weighted by atomic mass is 16.2. The summed E-state index contributed by atoms with van der Waals surface area (Å²) < 4.78 is 0. The van der Waals surface area contributed by atoms with Gasteiger partial charge >= 0.3 is 0 Å². The lowest BCUT2D eigenvalue weighted by atomic mass is 9.91. The van der Waals surface area contributed by atoms with Crippen molar-refractivity contribution in [2.45, 2.75) is 45.4 Å². The van der Waals surface area contributed by atoms with Crippen molar-refractivity contribution in [3.05, 3.63) is 34.9 Å². The standard InChI is InChI=1S/C15H22O.CH2O/c1-11(2)9-14-6-5-13-4-3-12(7-8-16)10-15(13)14;1-2/h3-4,10-11,14,16H,5-9H2,1-2H3;1H2. The van der Waals surface area contributed by atoms with E-state index in [1.807, 2.05) is 6.79 Å². The predicted molar refractivity (Wildman–Crippen MR) is 74.9 cm³/mol. The molecule has 2 heteroatoms. The van der Waals surface area contributed by atoms with E-state index in [0.29, 0.717) is 0 Å². The van der Waals surface area contributed by atoms with Crippen molar-refractivity contribution in [2.75, 3.05) is 6.61 Å². The third-order valence-electron chi connectivity index (χ3n) is 3.57. The molecule has 1 N–H and O–H groups in total. The molecule has 1 aliphatic rings. The van der Waals surface area contributed by atoms with Crippen LogP contribution in [0.1, 0.15) is 49.3 Å². The van der Waals surface area contributed by atoms with Gasteiger partial charge in [-0.2, -0.15) is 0 Å². The number of aryl methyl sites for hydroxylation is 1. The van der Waals surface area contributed by atoms with Crippen LogP contribution < -0.4 is 0 Å². The van der Waals surface area contributed by atoms with Crippen LogP contribution in [0.3, 0.4) is 0 Å². The quantitative estimate of drug-likeness (QED) is 0.889. The number of hydrogen-bond acceptors (Lipinski definition) is 2. The van der Waals surface area contributed by atoms with Gasteiger partial charge in [-0.05, 0) is 54.2 Å². The van der Waals surface area contributed by atoms with Crippen molar-refractivity contribution in [3.8, 4) is 0 Å². The van der Waals surface area contributed by atoms with Crippen LogP contribution >= 0.6 is 0 Å². The molecule has 0 aliphatic heterocycles. The second kappa shape index (κ2) is 7.32. The monoisotopic (exact) mass is 248 g/mol. The summed E-state index contributed by atoms with van der Waals surface area (Å²) in [4.78, 5) is 8.00. The minimum atomic E-state index is 0.258. The van der Waals surface area contributed by atoms with E-state index in [1.165, 1.54) is 30.4 Å². The van der Waals surface area contributed by atoms with Crippen LogP contribution in [0.4, 0.5) is 0 Å². The molecule has 0 saturated carbocycles. The lowest BCUT2D eigenvalue weighted by Crippen LogP contribution is -2.00. The number of hydrogen-bond donors (Lipinski definition) is 1. The maximum Gasteiger partial charge on any atom is 0.106 e. The molecule has 1 aromatic rings. The van der Waals surface area contributed by atoms with E-state index in [1.54, 1.807) is 5.56 Å². The van der Waals surface area contributed by atoms with Gasteiger partial charge in [-0.25, -0.2) is 0 Å². The molecule has 0 radical (unpaired) electrons. The number of carbonyl (C=O) groups excluding carboxylic acids is 1. The number of rotatable bonds is 4. The molecule has 2 nitrogen and oxygen atoms in total. The molecule has 0 bridgehead atoms. The summed E-state index contributed by atoms with van der Waals surface area (Å²) in [6, 6.07) is 6.76. The second-order valence-electron chi connectivity index (χ2n) is 5.37. The van der Waals surface area contributed by atoms with Gasteiger partial charge in [-0.1, -0.05) is 32.0 Å². The topological polar surface area (TPSA) is 37.3 Å². The zero-order valence-corrected chi connectivity index (χ0v) is 11.5. The Kier molecular flexibility index (Phi) is 6.06. The van der Waals surface area contributed by atoms with Crippen molar-refractivity contribution < 1.29 is 9.90 Å². The van der Waals surface area contributed by atoms with Gasteiger partial charge in [0.15, 0.2) is 0 Å². The van der Waals surface area contributed by atoms with Crippen LogP contribution in [-0.4, -0.2) is 18.5 Å². The van der Waals surface area contributed by atoms with Gasteiger partial charge in [0.2, 0.25) is 0 Å². The largest absolute Gasteiger partial charge is 0.396 e. The fourth-order valence-corrected chi connectivity index (χ4v) is 2.84. The Labute approximate surface area is 110 Å².